The van der Waals surface area contributed by atoms with Crippen molar-refractivity contribution in [1.29, 1.82) is 0 Å². The molecule has 7 nitrogen and oxygen atoms in total. The van der Waals surface area contributed by atoms with Crippen molar-refractivity contribution in [3.8, 4) is 11.1 Å². The van der Waals surface area contributed by atoms with Gasteiger partial charge in [0.25, 0.3) is 0 Å². The van der Waals surface area contributed by atoms with Gasteiger partial charge in [-0.1, -0.05) is 40.3 Å². The van der Waals surface area contributed by atoms with Crippen LogP contribution in [0.25, 0.3) is 22.0 Å². The van der Waals surface area contributed by atoms with Crippen LogP contribution >= 0.6 is 34.2 Å². The molecule has 0 saturated heterocycles. The van der Waals surface area contributed by atoms with Crippen LogP contribution in [0.2, 0.25) is 5.02 Å². The van der Waals surface area contributed by atoms with Gasteiger partial charge in [0.2, 0.25) is 0 Å². The lowest BCUT2D eigenvalue weighted by Crippen LogP contribution is -2.11. The van der Waals surface area contributed by atoms with E-state index in [1.54, 1.807) is 0 Å². The molecule has 3 rings (SSSR count). The fourth-order valence-corrected chi connectivity index (χ4v) is 5.29. The first-order valence-electron chi connectivity index (χ1n) is 10.4. The van der Waals surface area contributed by atoms with Crippen molar-refractivity contribution in [2.75, 3.05) is 13.7 Å². The normalized spacial score (nSPS) is 11.2. The number of aromatic nitrogens is 3. The molecule has 0 aliphatic carbocycles. The summed E-state index contributed by atoms with van der Waals surface area (Å²) in [6, 6.07) is 3.81. The third-order valence-corrected chi connectivity index (χ3v) is 6.61. The van der Waals surface area contributed by atoms with E-state index in [9.17, 15) is 9.59 Å². The molecule has 0 N–H and O–H groups in total. The Morgan fingerprint density at radius 3 is 2.56 bits per heavy atom. The Morgan fingerprint density at radius 1 is 1.25 bits per heavy atom. The number of ether oxygens (including phenoxy) is 2. The summed E-state index contributed by atoms with van der Waals surface area (Å²) in [6.07, 6.45) is 1.15. The van der Waals surface area contributed by atoms with Crippen molar-refractivity contribution in [3.63, 3.8) is 0 Å². The molecule has 32 heavy (non-hydrogen) atoms. The highest BCUT2D eigenvalue weighted by Crippen LogP contribution is 2.42. The number of halogens is 2. The highest BCUT2D eigenvalue weighted by molar-refractivity contribution is 14.1. The average molecular weight is 572 g/mol. The van der Waals surface area contributed by atoms with Crippen molar-refractivity contribution in [2.45, 2.75) is 44.6 Å². The van der Waals surface area contributed by atoms with Gasteiger partial charge in [0.1, 0.15) is 5.69 Å². The summed E-state index contributed by atoms with van der Waals surface area (Å²) in [5, 5.41) is 6.25. The number of hydrogen-bond acceptors (Lipinski definition) is 5. The number of rotatable bonds is 8. The van der Waals surface area contributed by atoms with Crippen molar-refractivity contribution < 1.29 is 19.1 Å². The van der Waals surface area contributed by atoms with E-state index in [0.717, 1.165) is 50.0 Å². The van der Waals surface area contributed by atoms with Crippen LogP contribution in [0.4, 0.5) is 0 Å². The molecule has 0 aliphatic rings. The SMILES string of the molecule is CCn1nc(C)c(-c2c(Cl)ccc3c(CCCOC(C)=O)c(C(=O)OC)n(C)c23)c1CI. The topological polar surface area (TPSA) is 75.3 Å². The van der Waals surface area contributed by atoms with Gasteiger partial charge in [0, 0.05) is 41.5 Å². The van der Waals surface area contributed by atoms with Gasteiger partial charge in [-0.2, -0.15) is 5.10 Å². The summed E-state index contributed by atoms with van der Waals surface area (Å²) >= 11 is 9.12. The van der Waals surface area contributed by atoms with Crippen LogP contribution in [0.3, 0.4) is 0 Å². The third-order valence-electron chi connectivity index (χ3n) is 5.57. The number of aryl methyl sites for hydroxylation is 4. The lowest BCUT2D eigenvalue weighted by molar-refractivity contribution is -0.141. The third kappa shape index (κ3) is 4.39. The van der Waals surface area contributed by atoms with E-state index in [2.05, 4.69) is 29.5 Å². The van der Waals surface area contributed by atoms with Crippen LogP contribution in [-0.4, -0.2) is 40.0 Å². The molecule has 3 aromatic rings. The second-order valence-electron chi connectivity index (χ2n) is 7.50. The number of hydrogen-bond donors (Lipinski definition) is 0. The Morgan fingerprint density at radius 2 is 1.97 bits per heavy atom. The Kier molecular flexibility index (Phi) is 7.87. The van der Waals surface area contributed by atoms with E-state index in [1.807, 2.05) is 35.4 Å². The number of methoxy groups -OCH3 is 1. The molecule has 0 spiro atoms. The Hall–Kier alpha value is -2.07. The maximum absolute atomic E-state index is 12.8. The van der Waals surface area contributed by atoms with Gasteiger partial charge < -0.3 is 14.0 Å². The lowest BCUT2D eigenvalue weighted by Gasteiger charge is -2.12. The van der Waals surface area contributed by atoms with Crippen LogP contribution in [0.15, 0.2) is 12.1 Å². The Labute approximate surface area is 206 Å². The van der Waals surface area contributed by atoms with Crippen LogP contribution in [-0.2, 0) is 38.7 Å². The summed E-state index contributed by atoms with van der Waals surface area (Å²) in [5.41, 5.74) is 6.06. The summed E-state index contributed by atoms with van der Waals surface area (Å²) in [6.45, 7) is 6.47. The van der Waals surface area contributed by atoms with Gasteiger partial charge in [0.05, 0.1) is 35.6 Å². The molecule has 0 unspecified atom stereocenters. The first kappa shape index (κ1) is 24.6. The average Bonchev–Trinajstić information content (AvgIpc) is 3.24. The van der Waals surface area contributed by atoms with E-state index in [-0.39, 0.29) is 12.6 Å². The number of nitrogens with zero attached hydrogens (tertiary/aromatic N) is 3. The second kappa shape index (κ2) is 10.2. The van der Waals surface area contributed by atoms with Gasteiger partial charge in [-0.25, -0.2) is 4.79 Å². The minimum absolute atomic E-state index is 0.286. The molecule has 9 heteroatoms. The summed E-state index contributed by atoms with van der Waals surface area (Å²) in [7, 11) is 3.23. The van der Waals surface area contributed by atoms with Gasteiger partial charge in [-0.3, -0.25) is 9.48 Å². The van der Waals surface area contributed by atoms with Crippen molar-refractivity contribution in [2.24, 2.45) is 7.05 Å². The number of alkyl halides is 1. The first-order chi connectivity index (χ1) is 15.3. The van der Waals surface area contributed by atoms with Crippen LogP contribution in [0.5, 0.6) is 0 Å². The Balaban J connectivity index is 2.29. The fraction of sp³-hybridized carbons (Fsp3) is 0.435. The molecule has 0 saturated carbocycles. The van der Waals surface area contributed by atoms with E-state index in [4.69, 9.17) is 26.2 Å². The maximum atomic E-state index is 12.8. The first-order valence-corrected chi connectivity index (χ1v) is 12.3. The molecule has 0 fully saturated rings. The number of esters is 2. The smallest absolute Gasteiger partial charge is 0.354 e. The van der Waals surface area contributed by atoms with Gasteiger partial charge in [-0.05, 0) is 38.3 Å². The zero-order chi connectivity index (χ0) is 23.6. The predicted molar refractivity (Wildman–Crippen MR) is 134 cm³/mol. The highest BCUT2D eigenvalue weighted by Gasteiger charge is 2.27. The van der Waals surface area contributed by atoms with Gasteiger partial charge in [0.15, 0.2) is 0 Å². The van der Waals surface area contributed by atoms with Gasteiger partial charge >= 0.3 is 11.9 Å². The minimum Gasteiger partial charge on any atom is -0.466 e. The molecule has 0 atom stereocenters. The van der Waals surface area contributed by atoms with Crippen molar-refractivity contribution in [1.82, 2.24) is 14.3 Å². The lowest BCUT2D eigenvalue weighted by atomic mass is 9.98. The molecular weight excluding hydrogens is 545 g/mol. The summed E-state index contributed by atoms with van der Waals surface area (Å²) in [5.74, 6) is -0.733. The molecule has 0 amide bonds. The number of carbonyl (C=O) groups is 2. The summed E-state index contributed by atoms with van der Waals surface area (Å²) < 4.78 is 14.8. The second-order valence-corrected chi connectivity index (χ2v) is 8.67. The van der Waals surface area contributed by atoms with E-state index in [1.165, 1.54) is 14.0 Å². The summed E-state index contributed by atoms with van der Waals surface area (Å²) in [4.78, 5) is 23.9. The van der Waals surface area contributed by atoms with Crippen molar-refractivity contribution >= 4 is 57.0 Å². The molecule has 1 aromatic carbocycles. The number of fused-ring (bicyclic) bond motifs is 1. The Bertz CT molecular complexity index is 1180. The zero-order valence-corrected chi connectivity index (χ0v) is 21.8. The maximum Gasteiger partial charge on any atom is 0.354 e. The predicted octanol–water partition coefficient (Wildman–Crippen LogP) is 5.24. The molecular formula is C23H27ClIN3O4. The monoisotopic (exact) mass is 571 g/mol. The van der Waals surface area contributed by atoms with E-state index >= 15 is 0 Å². The van der Waals surface area contributed by atoms with Crippen LogP contribution in [0.1, 0.15) is 47.7 Å². The molecule has 0 aliphatic heterocycles. The number of benzene rings is 1. The molecule has 0 bridgehead atoms. The minimum atomic E-state index is -0.414. The zero-order valence-electron chi connectivity index (χ0n) is 18.9. The van der Waals surface area contributed by atoms with Crippen LogP contribution in [0, 0.1) is 6.92 Å². The molecule has 172 valence electrons. The molecule has 0 radical (unpaired) electrons. The van der Waals surface area contributed by atoms with E-state index in [0.29, 0.717) is 23.6 Å². The molecule has 2 heterocycles. The van der Waals surface area contributed by atoms with Crippen molar-refractivity contribution in [3.05, 3.63) is 39.8 Å². The fourth-order valence-electron chi connectivity index (χ4n) is 4.26. The largest absolute Gasteiger partial charge is 0.466 e. The highest BCUT2D eigenvalue weighted by atomic mass is 127. The quantitative estimate of drug-likeness (QED) is 0.160. The van der Waals surface area contributed by atoms with Crippen LogP contribution < -0.4 is 0 Å². The molecule has 2 aromatic heterocycles. The van der Waals surface area contributed by atoms with Gasteiger partial charge in [-0.15, -0.1) is 0 Å². The van der Waals surface area contributed by atoms with E-state index < -0.39 is 5.97 Å². The number of carbonyl (C=O) groups excluding carboxylic acids is 2. The standard InChI is InChI=1S/C23H27ClIN3O4/c1-6-28-18(12-25)19(13(2)26-28)20-17(24)10-9-16-15(8-7-11-32-14(3)29)22(23(30)31-5)27(4)21(16)20/h9-10H,6-8,11-12H2,1-5H3.